The van der Waals surface area contributed by atoms with Gasteiger partial charge in [-0.1, -0.05) is 55.6 Å². The number of carbonyl (C=O) groups excluding carboxylic acids is 1. The van der Waals surface area contributed by atoms with Gasteiger partial charge in [0.2, 0.25) is 5.91 Å². The average Bonchev–Trinajstić information content (AvgIpc) is 3.34. The van der Waals surface area contributed by atoms with Gasteiger partial charge in [-0.05, 0) is 31.5 Å². The van der Waals surface area contributed by atoms with Crippen LogP contribution in [0.3, 0.4) is 0 Å². The number of hydrogen-bond donors (Lipinski definition) is 2. The molecule has 0 spiro atoms. The molecule has 1 aromatic heterocycles. The first-order chi connectivity index (χ1) is 21.5. The first-order valence-electron chi connectivity index (χ1n) is 13.6. The molecule has 0 saturated carbocycles. The zero-order valence-electron chi connectivity index (χ0n) is 25.4. The molecule has 3 aromatic rings. The number of rotatable bonds is 10. The molecule has 0 fully saturated rings. The van der Waals surface area contributed by atoms with Crippen LogP contribution >= 0.6 is 34.8 Å². The van der Waals surface area contributed by atoms with Gasteiger partial charge in [-0.3, -0.25) is 9.35 Å². The number of amides is 1. The molecule has 0 atom stereocenters. The van der Waals surface area contributed by atoms with Crippen molar-refractivity contribution in [2.75, 3.05) is 29.1 Å². The van der Waals surface area contributed by atoms with Crippen molar-refractivity contribution in [3.63, 3.8) is 0 Å². The van der Waals surface area contributed by atoms with Gasteiger partial charge in [0.1, 0.15) is 35.1 Å². The fourth-order valence-electron chi connectivity index (χ4n) is 4.44. The summed E-state index contributed by atoms with van der Waals surface area (Å²) in [5.74, 6) is -0.927. The predicted molar refractivity (Wildman–Crippen MR) is 175 cm³/mol. The smallest absolute Gasteiger partial charge is 0.264 e. The van der Waals surface area contributed by atoms with Crippen molar-refractivity contribution in [1.29, 1.82) is 15.8 Å². The summed E-state index contributed by atoms with van der Waals surface area (Å²) in [4.78, 5) is 14.0. The minimum atomic E-state index is -4.12. The number of hydrogen-bond acceptors (Lipinski definition) is 10. The van der Waals surface area contributed by atoms with Crippen LogP contribution in [0.1, 0.15) is 63.4 Å². The summed E-state index contributed by atoms with van der Waals surface area (Å²) < 4.78 is 32.6. The number of halogens is 3. The zero-order valence-corrected chi connectivity index (χ0v) is 28.4. The van der Waals surface area contributed by atoms with Gasteiger partial charge < -0.3 is 10.2 Å². The van der Waals surface area contributed by atoms with E-state index in [-0.39, 0.29) is 61.1 Å². The van der Waals surface area contributed by atoms with E-state index in [4.69, 9.17) is 39.4 Å². The van der Waals surface area contributed by atoms with Gasteiger partial charge in [0.15, 0.2) is 5.82 Å². The summed E-state index contributed by atoms with van der Waals surface area (Å²) in [5.41, 5.74) is 0.153. The lowest BCUT2D eigenvalue weighted by Crippen LogP contribution is -2.25. The van der Waals surface area contributed by atoms with Crippen molar-refractivity contribution in [3.8, 4) is 23.9 Å². The summed E-state index contributed by atoms with van der Waals surface area (Å²) in [6, 6.07) is 10.7. The van der Waals surface area contributed by atoms with Crippen LogP contribution in [-0.2, 0) is 20.3 Å². The van der Waals surface area contributed by atoms with Gasteiger partial charge >= 0.3 is 0 Å². The van der Waals surface area contributed by atoms with E-state index >= 15 is 0 Å². The number of azo groups is 1. The summed E-state index contributed by atoms with van der Waals surface area (Å²) >= 11 is 19.5. The molecule has 13 nitrogen and oxygen atoms in total. The second-order valence-corrected chi connectivity index (χ2v) is 13.6. The molecule has 1 heterocycles. The van der Waals surface area contributed by atoms with E-state index in [0.717, 1.165) is 4.68 Å². The molecule has 0 aliphatic carbocycles. The molecule has 0 aliphatic rings. The van der Waals surface area contributed by atoms with Crippen molar-refractivity contribution in [3.05, 3.63) is 55.7 Å². The highest BCUT2D eigenvalue weighted by Gasteiger charge is 2.31. The number of nitriles is 3. The first-order valence-corrected chi connectivity index (χ1v) is 16.3. The number of aromatic nitrogens is 2. The molecule has 0 bridgehead atoms. The summed E-state index contributed by atoms with van der Waals surface area (Å²) in [7, 11) is -4.12. The molecule has 0 unspecified atom stereocenters. The van der Waals surface area contributed by atoms with Gasteiger partial charge in [-0.25, -0.2) is 4.68 Å². The molecule has 1 amide bonds. The third-order valence-electron chi connectivity index (χ3n) is 6.54. The Labute approximate surface area is 281 Å². The second-order valence-electron chi connectivity index (χ2n) is 10.9. The lowest BCUT2D eigenvalue weighted by molar-refractivity contribution is -0.114. The Kier molecular flexibility index (Phi) is 11.4. The molecule has 240 valence electrons. The highest BCUT2D eigenvalue weighted by atomic mass is 35.5. The van der Waals surface area contributed by atoms with Gasteiger partial charge in [0.25, 0.3) is 10.1 Å². The van der Waals surface area contributed by atoms with E-state index in [2.05, 4.69) is 26.7 Å². The van der Waals surface area contributed by atoms with Gasteiger partial charge in [0.05, 0.1) is 43.3 Å². The van der Waals surface area contributed by atoms with Crippen molar-refractivity contribution in [2.24, 2.45) is 10.2 Å². The van der Waals surface area contributed by atoms with E-state index in [9.17, 15) is 29.0 Å². The number of carbonyl (C=O) groups is 1. The molecule has 2 N–H and O–H groups in total. The monoisotopic (exact) mass is 703 g/mol. The van der Waals surface area contributed by atoms with E-state index < -0.39 is 27.2 Å². The SMILES string of the molecule is CCN(CCCS(=O)(=O)O)c1ccc(/N=N/c2c(C#N)c(C(C)(C)C)nn2-c2c(Cl)c(Cl)c(C#N)c(C#N)c2Cl)c(NC(C)=O)c1. The lowest BCUT2D eigenvalue weighted by atomic mass is 9.90. The standard InChI is InChI=1S/C29H28Cl3N9O4S/c1-6-40(10-7-11-46(43,44)45)17-8-9-21(22(12-17)36-16(2)42)37-38-28-20(15-35)27(29(3,4)5)39-41(28)26-24(31)19(14-34)18(13-33)23(30)25(26)32/h8-9,12H,6-7,10-11H2,1-5H3,(H,36,42)(H,43,44,45)/b38-37+. The Hall–Kier alpha value is -4.23. The van der Waals surface area contributed by atoms with Crippen molar-refractivity contribution >= 4 is 73.7 Å². The third kappa shape index (κ3) is 7.94. The largest absolute Gasteiger partial charge is 0.372 e. The Morgan fingerprint density at radius 3 is 2.17 bits per heavy atom. The Morgan fingerprint density at radius 2 is 1.65 bits per heavy atom. The van der Waals surface area contributed by atoms with Crippen molar-refractivity contribution in [1.82, 2.24) is 9.78 Å². The van der Waals surface area contributed by atoms with Crippen LogP contribution in [0.25, 0.3) is 5.69 Å². The number of anilines is 2. The van der Waals surface area contributed by atoms with E-state index in [1.165, 1.54) is 6.92 Å². The topological polar surface area (TPSA) is 201 Å². The molecular weight excluding hydrogens is 677 g/mol. The minimum Gasteiger partial charge on any atom is -0.372 e. The molecule has 2 aromatic carbocycles. The van der Waals surface area contributed by atoms with Crippen molar-refractivity contribution < 1.29 is 17.8 Å². The minimum absolute atomic E-state index is 0.0241. The summed E-state index contributed by atoms with van der Waals surface area (Å²) in [5, 5.41) is 44.8. The normalized spacial score (nSPS) is 11.6. The molecule has 17 heteroatoms. The zero-order chi connectivity index (χ0) is 34.6. The number of benzene rings is 2. The van der Waals surface area contributed by atoms with Crippen LogP contribution in [0.2, 0.25) is 15.1 Å². The highest BCUT2D eigenvalue weighted by Crippen LogP contribution is 2.44. The van der Waals surface area contributed by atoms with E-state index in [0.29, 0.717) is 24.5 Å². The second kappa shape index (κ2) is 14.5. The number of nitrogens with one attached hydrogen (secondary N) is 1. The molecule has 0 radical (unpaired) electrons. The molecule has 0 saturated heterocycles. The van der Waals surface area contributed by atoms with Gasteiger partial charge in [0, 0.05) is 31.1 Å². The third-order valence-corrected chi connectivity index (χ3v) is 8.55. The molecule has 3 rings (SSSR count). The fourth-order valence-corrected chi connectivity index (χ4v) is 5.78. The van der Waals surface area contributed by atoms with Crippen LogP contribution in [0.15, 0.2) is 28.4 Å². The number of nitrogens with zero attached hydrogens (tertiary/aromatic N) is 8. The molecule has 0 aliphatic heterocycles. The van der Waals surface area contributed by atoms with Crippen LogP contribution in [0, 0.1) is 34.0 Å². The van der Waals surface area contributed by atoms with E-state index in [1.54, 1.807) is 18.2 Å². The molecule has 46 heavy (non-hydrogen) atoms. The van der Waals surface area contributed by atoms with Crippen LogP contribution < -0.4 is 10.2 Å². The Balaban J connectivity index is 2.26. The first kappa shape index (κ1) is 36.2. The average molecular weight is 705 g/mol. The maximum atomic E-state index is 12.1. The van der Waals surface area contributed by atoms with Gasteiger partial charge in [-0.2, -0.15) is 29.3 Å². The lowest BCUT2D eigenvalue weighted by Gasteiger charge is -2.24. The van der Waals surface area contributed by atoms with Gasteiger partial charge in [-0.15, -0.1) is 10.2 Å². The molecular formula is C29H28Cl3N9O4S. The Morgan fingerprint density at radius 1 is 1.04 bits per heavy atom. The summed E-state index contributed by atoms with van der Waals surface area (Å²) in [6.45, 7) is 9.42. The Bertz CT molecular complexity index is 1970. The maximum Gasteiger partial charge on any atom is 0.264 e. The maximum absolute atomic E-state index is 12.1. The van der Waals surface area contributed by atoms with Crippen molar-refractivity contribution in [2.45, 2.75) is 46.5 Å². The fraction of sp³-hybridized carbons (Fsp3) is 0.345. The van der Waals surface area contributed by atoms with Crippen LogP contribution in [0.4, 0.5) is 22.9 Å². The summed E-state index contributed by atoms with van der Waals surface area (Å²) in [6.07, 6.45) is 0.165. The quantitative estimate of drug-likeness (QED) is 0.124. The van der Waals surface area contributed by atoms with Crippen LogP contribution in [-0.4, -0.2) is 47.5 Å². The predicted octanol–water partition coefficient (Wildman–Crippen LogP) is 7.22. The van der Waals surface area contributed by atoms with Crippen LogP contribution in [0.5, 0.6) is 0 Å². The van der Waals surface area contributed by atoms with E-state index in [1.807, 2.05) is 44.7 Å². The highest BCUT2D eigenvalue weighted by molar-refractivity contribution is 7.85.